The van der Waals surface area contributed by atoms with Crippen molar-refractivity contribution in [2.45, 2.75) is 20.3 Å². The second kappa shape index (κ2) is 8.18. The van der Waals surface area contributed by atoms with Crippen LogP contribution in [0.2, 0.25) is 4.34 Å². The molecule has 0 aliphatic heterocycles. The molecular formula is C12H18ClN3O3S. The van der Waals surface area contributed by atoms with Crippen LogP contribution >= 0.6 is 22.9 Å². The molecule has 6 nitrogen and oxygen atoms in total. The molecule has 0 aromatic carbocycles. The van der Waals surface area contributed by atoms with Crippen LogP contribution in [0.25, 0.3) is 0 Å². The van der Waals surface area contributed by atoms with Gasteiger partial charge in [0.2, 0.25) is 0 Å². The third-order valence-electron chi connectivity index (χ3n) is 2.92. The Morgan fingerprint density at radius 3 is 2.65 bits per heavy atom. The van der Waals surface area contributed by atoms with E-state index < -0.39 is 4.92 Å². The maximum absolute atomic E-state index is 11.8. The van der Waals surface area contributed by atoms with E-state index in [1.54, 1.807) is 0 Å². The summed E-state index contributed by atoms with van der Waals surface area (Å²) in [4.78, 5) is 24.4. The van der Waals surface area contributed by atoms with E-state index in [4.69, 9.17) is 11.6 Å². The molecule has 0 saturated heterocycles. The normalized spacial score (nSPS) is 10.8. The van der Waals surface area contributed by atoms with Crippen LogP contribution in [-0.4, -0.2) is 41.9 Å². The average molecular weight is 320 g/mol. The van der Waals surface area contributed by atoms with Crippen molar-refractivity contribution >= 4 is 34.5 Å². The zero-order chi connectivity index (χ0) is 15.1. The third-order valence-corrected chi connectivity index (χ3v) is 4.26. The Bertz CT molecular complexity index is 475. The number of hydrogen-bond acceptors (Lipinski definition) is 5. The predicted octanol–water partition coefficient (Wildman–Crippen LogP) is 2.77. The summed E-state index contributed by atoms with van der Waals surface area (Å²) in [6, 6.07) is 1.22. The number of nitrogens with one attached hydrogen (secondary N) is 1. The van der Waals surface area contributed by atoms with Gasteiger partial charge in [0.05, 0.1) is 4.92 Å². The Labute approximate surface area is 126 Å². The highest BCUT2D eigenvalue weighted by molar-refractivity contribution is 7.18. The van der Waals surface area contributed by atoms with E-state index in [1.807, 2.05) is 0 Å². The minimum absolute atomic E-state index is 0.0308. The summed E-state index contributed by atoms with van der Waals surface area (Å²) < 4.78 is 0.0308. The van der Waals surface area contributed by atoms with E-state index in [1.165, 1.54) is 6.07 Å². The van der Waals surface area contributed by atoms with Crippen molar-refractivity contribution in [3.63, 3.8) is 0 Å². The molecule has 1 rings (SSSR count). The fourth-order valence-electron chi connectivity index (χ4n) is 1.73. The molecule has 1 N–H and O–H groups in total. The van der Waals surface area contributed by atoms with Gasteiger partial charge < -0.3 is 10.2 Å². The molecule has 1 aromatic heterocycles. The summed E-state index contributed by atoms with van der Waals surface area (Å²) in [7, 11) is 0. The summed E-state index contributed by atoms with van der Waals surface area (Å²) in [5.74, 6) is -0.315. The smallest absolute Gasteiger partial charge is 0.299 e. The van der Waals surface area contributed by atoms with Gasteiger partial charge in [0.25, 0.3) is 11.6 Å². The SMILES string of the molecule is CCN(CC)CCCNC(=O)c1cc([N+](=O)[O-])c(Cl)s1. The largest absolute Gasteiger partial charge is 0.351 e. The lowest BCUT2D eigenvalue weighted by molar-refractivity contribution is -0.384. The average Bonchev–Trinajstić information content (AvgIpc) is 2.81. The summed E-state index contributed by atoms with van der Waals surface area (Å²) in [6.45, 7) is 7.61. The van der Waals surface area contributed by atoms with E-state index in [-0.39, 0.29) is 20.8 Å². The highest BCUT2D eigenvalue weighted by Crippen LogP contribution is 2.33. The maximum atomic E-state index is 11.8. The van der Waals surface area contributed by atoms with Crippen molar-refractivity contribution < 1.29 is 9.72 Å². The molecule has 0 radical (unpaired) electrons. The molecule has 0 atom stereocenters. The first-order valence-electron chi connectivity index (χ1n) is 6.43. The second-order valence-electron chi connectivity index (χ2n) is 4.16. The van der Waals surface area contributed by atoms with Crippen LogP contribution in [-0.2, 0) is 0 Å². The van der Waals surface area contributed by atoms with E-state index in [0.29, 0.717) is 6.54 Å². The Morgan fingerprint density at radius 2 is 2.15 bits per heavy atom. The molecular weight excluding hydrogens is 302 g/mol. The Kier molecular flexibility index (Phi) is 6.90. The predicted molar refractivity (Wildman–Crippen MR) is 80.7 cm³/mol. The first-order chi connectivity index (χ1) is 9.49. The number of carbonyl (C=O) groups excluding carboxylic acids is 1. The van der Waals surface area contributed by atoms with Gasteiger partial charge in [-0.05, 0) is 26.1 Å². The molecule has 1 heterocycles. The standard InChI is InChI=1S/C12H18ClN3O3S/c1-3-15(4-2)7-5-6-14-12(17)10-8-9(16(18)19)11(13)20-10/h8H,3-7H2,1-2H3,(H,14,17). The van der Waals surface area contributed by atoms with Crippen LogP contribution < -0.4 is 5.32 Å². The lowest BCUT2D eigenvalue weighted by Crippen LogP contribution is -2.29. The van der Waals surface area contributed by atoms with Gasteiger partial charge in [0.15, 0.2) is 4.34 Å². The van der Waals surface area contributed by atoms with Crippen LogP contribution in [0, 0.1) is 10.1 Å². The van der Waals surface area contributed by atoms with Gasteiger partial charge in [-0.2, -0.15) is 0 Å². The Hall–Kier alpha value is -1.18. The molecule has 0 aliphatic rings. The highest BCUT2D eigenvalue weighted by atomic mass is 35.5. The zero-order valence-corrected chi connectivity index (χ0v) is 13.1. The molecule has 0 spiro atoms. The van der Waals surface area contributed by atoms with Crippen LogP contribution in [0.15, 0.2) is 6.07 Å². The first kappa shape index (κ1) is 16.9. The van der Waals surface area contributed by atoms with Gasteiger partial charge >= 0.3 is 0 Å². The zero-order valence-electron chi connectivity index (χ0n) is 11.5. The molecule has 0 aliphatic carbocycles. The summed E-state index contributed by atoms with van der Waals surface area (Å²) >= 11 is 6.64. The van der Waals surface area contributed by atoms with E-state index >= 15 is 0 Å². The second-order valence-corrected chi connectivity index (χ2v) is 5.82. The van der Waals surface area contributed by atoms with Gasteiger partial charge in [-0.3, -0.25) is 14.9 Å². The molecule has 112 valence electrons. The van der Waals surface area contributed by atoms with Crippen molar-refractivity contribution in [2.24, 2.45) is 0 Å². The molecule has 20 heavy (non-hydrogen) atoms. The van der Waals surface area contributed by atoms with Crippen LogP contribution in [0.4, 0.5) is 5.69 Å². The van der Waals surface area contributed by atoms with E-state index in [9.17, 15) is 14.9 Å². The van der Waals surface area contributed by atoms with E-state index in [2.05, 4.69) is 24.1 Å². The molecule has 8 heteroatoms. The van der Waals surface area contributed by atoms with Crippen molar-refractivity contribution in [3.05, 3.63) is 25.4 Å². The summed E-state index contributed by atoms with van der Waals surface area (Å²) in [6.07, 6.45) is 0.842. The quantitative estimate of drug-likeness (QED) is 0.454. The minimum atomic E-state index is -0.587. The van der Waals surface area contributed by atoms with Crippen LogP contribution in [0.3, 0.4) is 0 Å². The van der Waals surface area contributed by atoms with Gasteiger partial charge in [-0.1, -0.05) is 25.4 Å². The maximum Gasteiger partial charge on any atom is 0.299 e. The number of halogens is 1. The summed E-state index contributed by atoms with van der Waals surface area (Å²) in [5, 5.41) is 13.4. The van der Waals surface area contributed by atoms with Gasteiger partial charge in [0, 0.05) is 12.6 Å². The summed E-state index contributed by atoms with van der Waals surface area (Å²) in [5.41, 5.74) is -0.218. The van der Waals surface area contributed by atoms with E-state index in [0.717, 1.165) is 37.4 Å². The molecule has 0 bridgehead atoms. The van der Waals surface area contributed by atoms with Crippen LogP contribution in [0.1, 0.15) is 29.9 Å². The lowest BCUT2D eigenvalue weighted by atomic mass is 10.3. The fraction of sp³-hybridized carbons (Fsp3) is 0.583. The Morgan fingerprint density at radius 1 is 1.50 bits per heavy atom. The lowest BCUT2D eigenvalue weighted by Gasteiger charge is -2.17. The van der Waals surface area contributed by atoms with Crippen molar-refractivity contribution in [3.8, 4) is 0 Å². The van der Waals surface area contributed by atoms with Crippen molar-refractivity contribution in [1.82, 2.24) is 10.2 Å². The van der Waals surface area contributed by atoms with Gasteiger partial charge in [-0.25, -0.2) is 0 Å². The van der Waals surface area contributed by atoms with Gasteiger partial charge in [0.1, 0.15) is 4.88 Å². The number of hydrogen-bond donors (Lipinski definition) is 1. The fourth-order valence-corrected chi connectivity index (χ4v) is 2.87. The van der Waals surface area contributed by atoms with Crippen molar-refractivity contribution in [2.75, 3.05) is 26.2 Å². The third kappa shape index (κ3) is 4.73. The monoisotopic (exact) mass is 319 g/mol. The van der Waals surface area contributed by atoms with Crippen LogP contribution in [0.5, 0.6) is 0 Å². The van der Waals surface area contributed by atoms with Crippen molar-refractivity contribution in [1.29, 1.82) is 0 Å². The number of thiophene rings is 1. The minimum Gasteiger partial charge on any atom is -0.351 e. The topological polar surface area (TPSA) is 75.5 Å². The molecule has 1 amide bonds. The molecule has 0 fully saturated rings. The number of amides is 1. The number of nitrogens with zero attached hydrogens (tertiary/aromatic N) is 2. The molecule has 0 unspecified atom stereocenters. The van der Waals surface area contributed by atoms with Gasteiger partial charge in [-0.15, -0.1) is 11.3 Å². The Balaban J connectivity index is 2.43. The number of rotatable bonds is 8. The first-order valence-corrected chi connectivity index (χ1v) is 7.63. The molecule has 1 aromatic rings. The number of nitro groups is 1. The highest BCUT2D eigenvalue weighted by Gasteiger charge is 2.20. The number of carbonyl (C=O) groups is 1. The molecule has 0 saturated carbocycles.